The van der Waals surface area contributed by atoms with Crippen LogP contribution in [0.4, 0.5) is 5.13 Å². The summed E-state index contributed by atoms with van der Waals surface area (Å²) in [5.74, 6) is -0.0734. The summed E-state index contributed by atoms with van der Waals surface area (Å²) in [6.45, 7) is 3.97. The maximum Gasteiger partial charge on any atom is 0.226 e. The van der Waals surface area contributed by atoms with Crippen molar-refractivity contribution in [1.82, 2.24) is 14.8 Å². The van der Waals surface area contributed by atoms with Crippen molar-refractivity contribution >= 4 is 45.6 Å². The van der Waals surface area contributed by atoms with Gasteiger partial charge in [0.15, 0.2) is 5.13 Å². The number of nitrogens with one attached hydrogen (secondary N) is 1. The van der Waals surface area contributed by atoms with Gasteiger partial charge in [0.25, 0.3) is 0 Å². The number of hydrogen-bond acceptors (Lipinski definition) is 4. The van der Waals surface area contributed by atoms with Crippen molar-refractivity contribution in [1.29, 1.82) is 0 Å². The van der Waals surface area contributed by atoms with Gasteiger partial charge in [-0.25, -0.2) is 4.98 Å². The third-order valence-corrected chi connectivity index (χ3v) is 5.52. The summed E-state index contributed by atoms with van der Waals surface area (Å²) < 4.78 is 1.84. The molecule has 0 bridgehead atoms. The molecule has 0 unspecified atom stereocenters. The molecule has 26 heavy (non-hydrogen) atoms. The highest BCUT2D eigenvalue weighted by atomic mass is 35.5. The van der Waals surface area contributed by atoms with E-state index in [0.717, 1.165) is 22.5 Å². The molecule has 0 aliphatic carbocycles. The van der Waals surface area contributed by atoms with Crippen molar-refractivity contribution in [2.45, 2.75) is 26.7 Å². The molecule has 1 aromatic carbocycles. The summed E-state index contributed by atoms with van der Waals surface area (Å²) in [5.41, 5.74) is 4.67. The molecule has 0 fully saturated rings. The molecule has 2 aromatic heterocycles. The fourth-order valence-electron chi connectivity index (χ4n) is 2.75. The van der Waals surface area contributed by atoms with Gasteiger partial charge in [-0.3, -0.25) is 9.48 Å². The number of rotatable bonds is 5. The first-order chi connectivity index (χ1) is 12.3. The summed E-state index contributed by atoms with van der Waals surface area (Å²) in [6, 6.07) is 5.26. The van der Waals surface area contributed by atoms with E-state index in [2.05, 4.69) is 15.4 Å². The van der Waals surface area contributed by atoms with E-state index in [0.29, 0.717) is 33.7 Å². The minimum absolute atomic E-state index is 0.0734. The standard InChI is InChI=1S/C18H18Cl2N4OS/c1-10-13(11(2)24(3)23-10)6-7-17(25)22-18-21-16(9-26-18)14-5-4-12(19)8-15(14)20/h4-5,8-9H,6-7H2,1-3H3,(H,21,22,25). The monoisotopic (exact) mass is 408 g/mol. The Hall–Kier alpha value is -1.89. The third kappa shape index (κ3) is 4.09. The molecule has 8 heteroatoms. The average Bonchev–Trinajstić information content (AvgIpc) is 3.11. The van der Waals surface area contributed by atoms with E-state index in [9.17, 15) is 4.79 Å². The predicted octanol–water partition coefficient (Wildman–Crippen LogP) is 5.04. The topological polar surface area (TPSA) is 59.8 Å². The first-order valence-electron chi connectivity index (χ1n) is 8.05. The number of anilines is 1. The Labute approximate surface area is 166 Å². The normalized spacial score (nSPS) is 11.0. The smallest absolute Gasteiger partial charge is 0.226 e. The van der Waals surface area contributed by atoms with Crippen LogP contribution in [0.25, 0.3) is 11.3 Å². The number of nitrogens with zero attached hydrogens (tertiary/aromatic N) is 3. The number of benzene rings is 1. The Morgan fingerprint density at radius 1 is 1.31 bits per heavy atom. The Morgan fingerprint density at radius 3 is 2.73 bits per heavy atom. The third-order valence-electron chi connectivity index (χ3n) is 4.22. The summed E-state index contributed by atoms with van der Waals surface area (Å²) >= 11 is 13.5. The highest BCUT2D eigenvalue weighted by molar-refractivity contribution is 7.14. The van der Waals surface area contributed by atoms with Crippen molar-refractivity contribution in [3.05, 3.63) is 50.6 Å². The van der Waals surface area contributed by atoms with E-state index in [-0.39, 0.29) is 5.91 Å². The fraction of sp³-hybridized carbons (Fsp3) is 0.278. The number of carbonyl (C=O) groups excluding carboxylic acids is 1. The molecule has 1 N–H and O–H groups in total. The number of amides is 1. The molecule has 0 radical (unpaired) electrons. The summed E-state index contributed by atoms with van der Waals surface area (Å²) in [7, 11) is 1.91. The van der Waals surface area contributed by atoms with Crippen LogP contribution >= 0.6 is 34.5 Å². The molecule has 136 valence electrons. The zero-order chi connectivity index (χ0) is 18.8. The summed E-state index contributed by atoms with van der Waals surface area (Å²) in [5, 5.41) is 10.7. The molecule has 1 amide bonds. The van der Waals surface area contributed by atoms with Crippen LogP contribution in [-0.4, -0.2) is 20.7 Å². The predicted molar refractivity (Wildman–Crippen MR) is 107 cm³/mol. The van der Waals surface area contributed by atoms with Crippen LogP contribution in [0.1, 0.15) is 23.4 Å². The van der Waals surface area contributed by atoms with Crippen LogP contribution < -0.4 is 5.32 Å². The molecular weight excluding hydrogens is 391 g/mol. The van der Waals surface area contributed by atoms with Crippen LogP contribution in [0.5, 0.6) is 0 Å². The van der Waals surface area contributed by atoms with Crippen molar-refractivity contribution in [3.63, 3.8) is 0 Å². The second-order valence-corrected chi connectivity index (χ2v) is 7.68. The minimum Gasteiger partial charge on any atom is -0.302 e. The van der Waals surface area contributed by atoms with Crippen molar-refractivity contribution in [3.8, 4) is 11.3 Å². The van der Waals surface area contributed by atoms with Gasteiger partial charge in [-0.1, -0.05) is 23.2 Å². The van der Waals surface area contributed by atoms with Gasteiger partial charge in [-0.15, -0.1) is 11.3 Å². The van der Waals surface area contributed by atoms with Crippen LogP contribution in [0.3, 0.4) is 0 Å². The summed E-state index contributed by atoms with van der Waals surface area (Å²) in [6.07, 6.45) is 1.03. The van der Waals surface area contributed by atoms with Crippen LogP contribution in [0, 0.1) is 13.8 Å². The van der Waals surface area contributed by atoms with Gasteiger partial charge in [-0.2, -0.15) is 5.10 Å². The lowest BCUT2D eigenvalue weighted by Gasteiger charge is -2.03. The largest absolute Gasteiger partial charge is 0.302 e. The SMILES string of the molecule is Cc1nn(C)c(C)c1CCC(=O)Nc1nc(-c2ccc(Cl)cc2Cl)cs1. The molecule has 0 atom stereocenters. The molecule has 0 aliphatic rings. The Kier molecular flexibility index (Phi) is 5.65. The molecule has 0 saturated carbocycles. The highest BCUT2D eigenvalue weighted by Gasteiger charge is 2.13. The molecule has 3 rings (SSSR count). The molecule has 0 aliphatic heterocycles. The lowest BCUT2D eigenvalue weighted by molar-refractivity contribution is -0.116. The number of hydrogen-bond donors (Lipinski definition) is 1. The van der Waals surface area contributed by atoms with Gasteiger partial charge in [0.2, 0.25) is 5.91 Å². The second kappa shape index (κ2) is 7.78. The fourth-order valence-corrected chi connectivity index (χ4v) is 3.98. The van der Waals surface area contributed by atoms with Gasteiger partial charge in [0.1, 0.15) is 0 Å². The first-order valence-corrected chi connectivity index (χ1v) is 9.68. The Morgan fingerprint density at radius 2 is 2.08 bits per heavy atom. The first kappa shape index (κ1) is 18.9. The van der Waals surface area contributed by atoms with Gasteiger partial charge in [-0.05, 0) is 44.0 Å². The van der Waals surface area contributed by atoms with Crippen LogP contribution in [-0.2, 0) is 18.3 Å². The van der Waals surface area contributed by atoms with Gasteiger partial charge in [0.05, 0.1) is 16.4 Å². The quantitative estimate of drug-likeness (QED) is 0.642. The van der Waals surface area contributed by atoms with E-state index in [1.807, 2.05) is 37.0 Å². The number of carbonyl (C=O) groups is 1. The molecule has 3 aromatic rings. The van der Waals surface area contributed by atoms with E-state index >= 15 is 0 Å². The Balaban J connectivity index is 1.64. The zero-order valence-electron chi connectivity index (χ0n) is 14.6. The average molecular weight is 409 g/mol. The Bertz CT molecular complexity index is 964. The van der Waals surface area contributed by atoms with E-state index in [1.54, 1.807) is 12.1 Å². The number of aryl methyl sites for hydroxylation is 2. The van der Waals surface area contributed by atoms with Crippen molar-refractivity contribution in [2.24, 2.45) is 7.05 Å². The van der Waals surface area contributed by atoms with Crippen LogP contribution in [0.15, 0.2) is 23.6 Å². The maximum atomic E-state index is 12.3. The molecule has 0 saturated heterocycles. The lowest BCUT2D eigenvalue weighted by Crippen LogP contribution is -2.12. The summed E-state index contributed by atoms with van der Waals surface area (Å²) in [4.78, 5) is 16.7. The number of halogens is 2. The highest BCUT2D eigenvalue weighted by Crippen LogP contribution is 2.32. The maximum absolute atomic E-state index is 12.3. The molecular formula is C18H18Cl2N4OS. The van der Waals surface area contributed by atoms with Crippen molar-refractivity contribution < 1.29 is 4.79 Å². The molecule has 5 nitrogen and oxygen atoms in total. The van der Waals surface area contributed by atoms with Gasteiger partial charge >= 0.3 is 0 Å². The van der Waals surface area contributed by atoms with E-state index < -0.39 is 0 Å². The lowest BCUT2D eigenvalue weighted by atomic mass is 10.1. The second-order valence-electron chi connectivity index (χ2n) is 5.98. The van der Waals surface area contributed by atoms with Gasteiger partial charge < -0.3 is 5.32 Å². The molecule has 0 spiro atoms. The zero-order valence-corrected chi connectivity index (χ0v) is 17.0. The van der Waals surface area contributed by atoms with Crippen molar-refractivity contribution in [2.75, 3.05) is 5.32 Å². The molecule has 2 heterocycles. The van der Waals surface area contributed by atoms with Gasteiger partial charge in [0, 0.05) is 35.1 Å². The number of aromatic nitrogens is 3. The van der Waals surface area contributed by atoms with E-state index in [1.165, 1.54) is 11.3 Å². The van der Waals surface area contributed by atoms with E-state index in [4.69, 9.17) is 23.2 Å². The minimum atomic E-state index is -0.0734. The van der Waals surface area contributed by atoms with Crippen LogP contribution in [0.2, 0.25) is 10.0 Å². The number of thiazole rings is 1.